The first-order chi connectivity index (χ1) is 23.2. The van der Waals surface area contributed by atoms with E-state index in [2.05, 4.69) is 134 Å². The molecule has 0 spiro atoms. The minimum Gasteiger partial charge on any atom is -0.462 e. The van der Waals surface area contributed by atoms with Crippen LogP contribution < -0.4 is 16.9 Å². The van der Waals surface area contributed by atoms with Crippen LogP contribution in [-0.4, -0.2) is 42.6 Å². The smallest absolute Gasteiger partial charge is 0.350 e. The fourth-order valence-electron chi connectivity index (χ4n) is 2.51. The molecule has 3 aromatic rings. The van der Waals surface area contributed by atoms with Crippen molar-refractivity contribution in [3.05, 3.63) is 132 Å². The number of hydrogen-bond acceptors (Lipinski definition) is 12. The Kier molecular flexibility index (Phi) is 23.6. The van der Waals surface area contributed by atoms with E-state index >= 15 is 0 Å². The third-order valence-electron chi connectivity index (χ3n) is 4.64. The predicted octanol–water partition coefficient (Wildman–Crippen LogP) is 8.26. The Hall–Kier alpha value is -2.16. The van der Waals surface area contributed by atoms with Crippen LogP contribution in [0.2, 0.25) is 0 Å². The molecular weight excluding hydrogens is 1110 g/mol. The van der Waals surface area contributed by atoms with Crippen molar-refractivity contribution in [1.29, 1.82) is 0 Å². The summed E-state index contributed by atoms with van der Waals surface area (Å²) in [5, 5.41) is 0. The molecule has 0 saturated heterocycles. The van der Waals surface area contributed by atoms with E-state index in [1.54, 1.807) is 30.3 Å². The normalized spacial score (nSPS) is 15.7. The Balaban J connectivity index is 0.000000294. The third kappa shape index (κ3) is 21.6. The molecule has 0 amide bonds. The van der Waals surface area contributed by atoms with Crippen LogP contribution >= 0.6 is 112 Å². The van der Waals surface area contributed by atoms with E-state index in [0.717, 1.165) is 21.8 Å². The Morgan fingerprint density at radius 2 is 1.31 bits per heavy atom. The van der Waals surface area contributed by atoms with Crippen LogP contribution in [0.4, 0.5) is 0 Å². The Morgan fingerprint density at radius 3 is 1.69 bits per heavy atom. The lowest BCUT2D eigenvalue weighted by Gasteiger charge is -2.12. The Labute approximate surface area is 337 Å². The van der Waals surface area contributed by atoms with Gasteiger partial charge in [-0.05, 0) is 126 Å². The highest BCUT2D eigenvalue weighted by Crippen LogP contribution is 2.18. The summed E-state index contributed by atoms with van der Waals surface area (Å²) in [7, 11) is 0. The van der Waals surface area contributed by atoms with Crippen molar-refractivity contribution in [3.8, 4) is 0 Å². The average Bonchev–Trinajstić information content (AvgIpc) is 3.07. The van der Waals surface area contributed by atoms with Crippen LogP contribution in [0.3, 0.4) is 0 Å². The first-order valence-corrected chi connectivity index (χ1v) is 18.8. The van der Waals surface area contributed by atoms with Crippen molar-refractivity contribution in [3.63, 3.8) is 0 Å². The zero-order valence-corrected chi connectivity index (χ0v) is 35.7. The number of carbonyl (C=O) groups excluding carboxylic acids is 3. The zero-order valence-electron chi connectivity index (χ0n) is 24.6. The number of esters is 3. The maximum atomic E-state index is 10.6. The lowest BCUT2D eigenvalue weighted by molar-refractivity contribution is -0.139. The van der Waals surface area contributed by atoms with Gasteiger partial charge in [-0.3, -0.25) is 0 Å². The summed E-state index contributed by atoms with van der Waals surface area (Å²) in [6.45, 7) is 1.50. The second-order valence-corrected chi connectivity index (χ2v) is 14.8. The summed E-state index contributed by atoms with van der Waals surface area (Å²) in [6.07, 6.45) is 12.6. The van der Waals surface area contributed by atoms with Gasteiger partial charge >= 0.3 is 34.8 Å². The van der Waals surface area contributed by atoms with Crippen molar-refractivity contribution in [2.45, 2.75) is 17.7 Å². The number of halogens is 7. The number of carbonyl (C=O) groups is 3. The highest BCUT2D eigenvalue weighted by Gasteiger charge is 2.17. The van der Waals surface area contributed by atoms with E-state index in [1.807, 2.05) is 12.2 Å². The summed E-state index contributed by atoms with van der Waals surface area (Å²) >= 11 is 21.6. The van der Waals surface area contributed by atoms with Crippen LogP contribution in [0, 0.1) is 0 Å². The van der Waals surface area contributed by atoms with Gasteiger partial charge in [-0.25, -0.2) is 28.8 Å². The van der Waals surface area contributed by atoms with Gasteiger partial charge in [-0.1, -0.05) is 28.1 Å². The fraction of sp³-hybridized carbons (Fsp3) is 0.200. The molecule has 264 valence electrons. The molecule has 0 aliphatic carbocycles. The van der Waals surface area contributed by atoms with Gasteiger partial charge in [0.2, 0.25) is 0 Å². The second kappa shape index (κ2) is 25.7. The van der Waals surface area contributed by atoms with Gasteiger partial charge in [-0.15, -0.1) is 0 Å². The van der Waals surface area contributed by atoms with Gasteiger partial charge in [0.05, 0.1) is 42.2 Å². The largest absolute Gasteiger partial charge is 0.462 e. The van der Waals surface area contributed by atoms with E-state index in [-0.39, 0.29) is 39.6 Å². The predicted molar refractivity (Wildman–Crippen MR) is 204 cm³/mol. The Morgan fingerprint density at radius 1 is 0.653 bits per heavy atom. The minimum atomic E-state index is -0.363. The maximum Gasteiger partial charge on any atom is 0.350 e. The van der Waals surface area contributed by atoms with Gasteiger partial charge in [0.1, 0.15) is 28.1 Å². The van der Waals surface area contributed by atoms with Crippen LogP contribution in [0.25, 0.3) is 0 Å². The molecule has 12 nitrogen and oxygen atoms in total. The molecule has 3 aliphatic rings. The van der Waals surface area contributed by atoms with Gasteiger partial charge in [0.25, 0.3) is 0 Å². The SMILES string of the molecule is O=C1C=CCCO1.O=C1OCC(Br)C=C1Br.O=C1OCCC=C1Br.O=c1ccc(Br)co1.O=c1occ(Br)cc1Br.O=c1occcc1Br. The van der Waals surface area contributed by atoms with E-state index < -0.39 is 0 Å². The zero-order chi connectivity index (χ0) is 36.8. The molecule has 0 radical (unpaired) electrons. The summed E-state index contributed by atoms with van der Waals surface area (Å²) < 4.78 is 30.8. The summed E-state index contributed by atoms with van der Waals surface area (Å²) in [5.74, 6) is -0.756. The minimum absolute atomic E-state index is 0.157. The molecule has 0 N–H and O–H groups in total. The fourth-order valence-corrected chi connectivity index (χ4v) is 5.48. The third-order valence-corrected chi connectivity index (χ3v) is 8.42. The maximum absolute atomic E-state index is 10.6. The molecule has 0 bridgehead atoms. The molecule has 1 atom stereocenters. The highest BCUT2D eigenvalue weighted by atomic mass is 79.9. The number of cyclic esters (lactones) is 3. The van der Waals surface area contributed by atoms with E-state index in [9.17, 15) is 28.8 Å². The molecule has 6 heterocycles. The number of ether oxygens (including phenoxy) is 3. The highest BCUT2D eigenvalue weighted by molar-refractivity contribution is 9.12. The monoisotopic (exact) mass is 1130 g/mol. The number of rotatable bonds is 0. The van der Waals surface area contributed by atoms with Crippen molar-refractivity contribution < 1.29 is 41.8 Å². The quantitative estimate of drug-likeness (QED) is 0.120. The molecule has 0 aromatic carbocycles. The Bertz CT molecular complexity index is 1770. The van der Waals surface area contributed by atoms with Crippen LogP contribution in [-0.2, 0) is 28.6 Å². The standard InChI is InChI=1S/C5H4Br2O2.C5H2Br2O2.C5H3BrO2.C5H5BrO2.C5H3BrO2.C5H6O2/c2*6-3-1-4(7)5(8)9-2-3;6-4-1-2-5(7)8-3-4;2*6-4-2-1-3-8-5(4)7;6-5-3-1-2-4-7-5/h1,3H,2H2;1-2H;1-3H;2H,1,3H2;1-3H;1,3H,2,4H2. The molecule has 1 unspecified atom stereocenters. The van der Waals surface area contributed by atoms with Crippen molar-refractivity contribution >= 4 is 129 Å². The molecule has 0 fully saturated rings. The molecule has 49 heavy (non-hydrogen) atoms. The number of alkyl halides is 1. The molecule has 0 saturated carbocycles. The van der Waals surface area contributed by atoms with E-state index in [1.165, 1.54) is 30.9 Å². The van der Waals surface area contributed by atoms with E-state index in [0.29, 0.717) is 37.7 Å². The van der Waals surface area contributed by atoms with Gasteiger partial charge < -0.3 is 27.5 Å². The second-order valence-electron chi connectivity index (χ2n) is 8.39. The average molecular weight is 1130 g/mol. The van der Waals surface area contributed by atoms with E-state index in [4.69, 9.17) is 4.74 Å². The van der Waals surface area contributed by atoms with Crippen molar-refractivity contribution in [1.82, 2.24) is 0 Å². The topological polar surface area (TPSA) is 170 Å². The van der Waals surface area contributed by atoms with Gasteiger partial charge in [0.15, 0.2) is 0 Å². The van der Waals surface area contributed by atoms with Crippen molar-refractivity contribution in [2.75, 3.05) is 19.8 Å². The molecule has 19 heteroatoms. The molecular formula is C30H23Br7O12. The lowest BCUT2D eigenvalue weighted by atomic mass is 10.3. The summed E-state index contributed by atoms with van der Waals surface area (Å²) in [4.78, 5) is 62.5. The van der Waals surface area contributed by atoms with Crippen LogP contribution in [0.1, 0.15) is 12.8 Å². The summed E-state index contributed by atoms with van der Waals surface area (Å²) in [5.41, 5.74) is -1.03. The molecule has 3 aliphatic heterocycles. The first kappa shape index (κ1) is 44.9. The molecule has 3 aromatic heterocycles. The number of hydrogen-bond donors (Lipinski definition) is 0. The van der Waals surface area contributed by atoms with Crippen LogP contribution in [0.15, 0.2) is 128 Å². The van der Waals surface area contributed by atoms with Gasteiger partial charge in [-0.2, -0.15) is 0 Å². The lowest BCUT2D eigenvalue weighted by Crippen LogP contribution is -2.18. The summed E-state index contributed by atoms with van der Waals surface area (Å²) in [6, 6.07) is 7.89. The first-order valence-electron chi connectivity index (χ1n) is 13.2. The molecule has 6 rings (SSSR count). The van der Waals surface area contributed by atoms with Gasteiger partial charge in [0, 0.05) is 25.0 Å². The van der Waals surface area contributed by atoms with Crippen LogP contribution in [0.5, 0.6) is 0 Å². The van der Waals surface area contributed by atoms with Crippen molar-refractivity contribution in [2.24, 2.45) is 0 Å².